The van der Waals surface area contributed by atoms with Crippen molar-refractivity contribution in [2.45, 2.75) is 38.0 Å². The number of nitriles is 1. The molecule has 150 valence electrons. The van der Waals surface area contributed by atoms with Gasteiger partial charge in [-0.25, -0.2) is 4.98 Å². The summed E-state index contributed by atoms with van der Waals surface area (Å²) in [4.78, 5) is 29.7. The average Bonchev–Trinajstić information content (AvgIpc) is 2.65. The van der Waals surface area contributed by atoms with E-state index in [0.29, 0.717) is 34.2 Å². The molecule has 1 amide bonds. The Labute approximate surface area is 173 Å². The number of ether oxygens (including phenoxy) is 1. The molecule has 1 aromatic heterocycles. The highest BCUT2D eigenvalue weighted by atomic mass is 35.5. The van der Waals surface area contributed by atoms with Crippen molar-refractivity contribution in [3.63, 3.8) is 0 Å². The Morgan fingerprint density at radius 3 is 2.82 bits per heavy atom. The van der Waals surface area contributed by atoms with E-state index in [-0.39, 0.29) is 23.1 Å². The monoisotopic (exact) mass is 422 g/mol. The van der Waals surface area contributed by atoms with Crippen LogP contribution in [0.2, 0.25) is 5.02 Å². The van der Waals surface area contributed by atoms with Crippen LogP contribution in [0.5, 0.6) is 0 Å². The van der Waals surface area contributed by atoms with E-state index >= 15 is 0 Å². The minimum Gasteiger partial charge on any atom is -0.383 e. The number of carbonyl (C=O) groups excluding carboxylic acids is 1. The van der Waals surface area contributed by atoms with Crippen molar-refractivity contribution in [3.8, 4) is 6.07 Å². The molecule has 2 rings (SSSR count). The Morgan fingerprint density at radius 1 is 1.50 bits per heavy atom. The number of thioether (sulfide) groups is 1. The van der Waals surface area contributed by atoms with Gasteiger partial charge in [-0.1, -0.05) is 37.2 Å². The van der Waals surface area contributed by atoms with Gasteiger partial charge in [-0.3, -0.25) is 14.2 Å². The summed E-state index contributed by atoms with van der Waals surface area (Å²) < 4.78 is 6.58. The van der Waals surface area contributed by atoms with Crippen LogP contribution < -0.4 is 10.9 Å². The Bertz CT molecular complexity index is 970. The minimum atomic E-state index is -0.961. The maximum Gasteiger partial charge on any atom is 0.262 e. The van der Waals surface area contributed by atoms with Gasteiger partial charge in [0.2, 0.25) is 5.91 Å². The quantitative estimate of drug-likeness (QED) is 0.519. The molecule has 28 heavy (non-hydrogen) atoms. The van der Waals surface area contributed by atoms with Crippen LogP contribution in [0.4, 0.5) is 0 Å². The number of hydrogen-bond acceptors (Lipinski definition) is 6. The van der Waals surface area contributed by atoms with Gasteiger partial charge in [0.1, 0.15) is 5.54 Å². The predicted molar refractivity (Wildman–Crippen MR) is 111 cm³/mol. The van der Waals surface area contributed by atoms with Crippen LogP contribution >= 0.6 is 23.4 Å². The highest BCUT2D eigenvalue weighted by Gasteiger charge is 2.30. The summed E-state index contributed by atoms with van der Waals surface area (Å²) in [6.45, 7) is 6.07. The summed E-state index contributed by atoms with van der Waals surface area (Å²) in [7, 11) is 1.55. The topological polar surface area (TPSA) is 97.0 Å². The van der Waals surface area contributed by atoms with E-state index in [1.807, 2.05) is 13.8 Å². The molecule has 0 aliphatic rings. The van der Waals surface area contributed by atoms with Crippen LogP contribution in [0.25, 0.3) is 10.9 Å². The summed E-state index contributed by atoms with van der Waals surface area (Å²) in [5.74, 6) is -0.330. The van der Waals surface area contributed by atoms with Gasteiger partial charge in [-0.2, -0.15) is 5.26 Å². The van der Waals surface area contributed by atoms with E-state index in [2.05, 4.69) is 16.4 Å². The lowest BCUT2D eigenvalue weighted by Crippen LogP contribution is -2.49. The van der Waals surface area contributed by atoms with Crippen LogP contribution in [0.3, 0.4) is 0 Å². The molecule has 2 aromatic rings. The van der Waals surface area contributed by atoms with E-state index in [0.717, 1.165) is 11.8 Å². The van der Waals surface area contributed by atoms with Gasteiger partial charge in [0.15, 0.2) is 5.16 Å². The fourth-order valence-electron chi connectivity index (χ4n) is 2.42. The van der Waals surface area contributed by atoms with E-state index in [1.165, 1.54) is 4.57 Å². The van der Waals surface area contributed by atoms with Crippen LogP contribution in [0, 0.1) is 17.2 Å². The fraction of sp³-hybridized carbons (Fsp3) is 0.474. The number of nitrogens with zero attached hydrogens (tertiary/aromatic N) is 3. The molecule has 0 aliphatic carbocycles. The van der Waals surface area contributed by atoms with Crippen molar-refractivity contribution < 1.29 is 9.53 Å². The third-order valence-corrected chi connectivity index (χ3v) is 5.73. The number of benzene rings is 1. The molecule has 9 heteroatoms. The molecule has 0 bridgehead atoms. The highest BCUT2D eigenvalue weighted by molar-refractivity contribution is 7.99. The van der Waals surface area contributed by atoms with Gasteiger partial charge < -0.3 is 10.1 Å². The lowest BCUT2D eigenvalue weighted by atomic mass is 9.90. The number of aromatic nitrogens is 2. The molecule has 1 heterocycles. The molecule has 0 saturated heterocycles. The van der Waals surface area contributed by atoms with Crippen molar-refractivity contribution in [2.24, 2.45) is 5.92 Å². The molecule has 1 aromatic carbocycles. The molecule has 1 atom stereocenters. The average molecular weight is 423 g/mol. The summed E-state index contributed by atoms with van der Waals surface area (Å²) in [5, 5.41) is 13.4. The number of hydrogen-bond donors (Lipinski definition) is 1. The lowest BCUT2D eigenvalue weighted by molar-refractivity contribution is -0.120. The molecule has 0 radical (unpaired) electrons. The Kier molecular flexibility index (Phi) is 7.47. The lowest BCUT2D eigenvalue weighted by Gasteiger charge is -2.27. The zero-order valence-electron chi connectivity index (χ0n) is 16.3. The number of amides is 1. The van der Waals surface area contributed by atoms with Crippen LogP contribution in [0.15, 0.2) is 28.2 Å². The SMILES string of the molecule is COCCn1c(SCC(=O)N[C@](C)(C#N)C(C)C)nc2cc(Cl)ccc2c1=O. The Hall–Kier alpha value is -2.08. The standard InChI is InChI=1S/C19H23ClN4O3S/c1-12(2)19(3,11-21)23-16(25)10-28-18-22-15-9-13(20)5-6-14(15)17(26)24(18)7-8-27-4/h5-6,9,12H,7-8,10H2,1-4H3,(H,23,25)/t19-/m1/s1. The Balaban J connectivity index is 2.31. The molecule has 7 nitrogen and oxygen atoms in total. The van der Waals surface area contributed by atoms with Gasteiger partial charge in [0.25, 0.3) is 5.56 Å². The number of nitrogens with one attached hydrogen (secondary N) is 1. The first kappa shape index (κ1) is 22.2. The largest absolute Gasteiger partial charge is 0.383 e. The smallest absolute Gasteiger partial charge is 0.262 e. The number of carbonyl (C=O) groups is 1. The molecule has 0 saturated carbocycles. The first-order chi connectivity index (χ1) is 13.2. The maximum absolute atomic E-state index is 12.8. The summed E-state index contributed by atoms with van der Waals surface area (Å²) in [5.41, 5.74) is -0.707. The number of halogens is 1. The minimum absolute atomic E-state index is 0.0233. The molecule has 0 fully saturated rings. The van der Waals surface area contributed by atoms with Gasteiger partial charge >= 0.3 is 0 Å². The van der Waals surface area contributed by atoms with Crippen molar-refractivity contribution in [3.05, 3.63) is 33.6 Å². The molecule has 0 aliphatic heterocycles. The van der Waals surface area contributed by atoms with Gasteiger partial charge in [-0.05, 0) is 31.0 Å². The molecule has 0 spiro atoms. The summed E-state index contributed by atoms with van der Waals surface area (Å²) in [6, 6.07) is 7.04. The molecule has 0 unspecified atom stereocenters. The van der Waals surface area contributed by atoms with Crippen LogP contribution in [-0.4, -0.2) is 40.5 Å². The third-order valence-electron chi connectivity index (χ3n) is 4.52. The zero-order valence-corrected chi connectivity index (χ0v) is 17.9. The van der Waals surface area contributed by atoms with Gasteiger partial charge in [0.05, 0.1) is 35.9 Å². The first-order valence-electron chi connectivity index (χ1n) is 8.76. The van der Waals surface area contributed by atoms with Crippen molar-refractivity contribution in [1.82, 2.24) is 14.9 Å². The molecular weight excluding hydrogens is 400 g/mol. The van der Waals surface area contributed by atoms with Gasteiger partial charge in [-0.15, -0.1) is 0 Å². The molecular formula is C19H23ClN4O3S. The third kappa shape index (κ3) is 5.04. The second-order valence-electron chi connectivity index (χ2n) is 6.81. The normalized spacial score (nSPS) is 13.3. The van der Waals surface area contributed by atoms with Crippen molar-refractivity contribution >= 4 is 40.2 Å². The van der Waals surface area contributed by atoms with E-state index < -0.39 is 5.54 Å². The van der Waals surface area contributed by atoms with Crippen LogP contribution in [-0.2, 0) is 16.1 Å². The van der Waals surface area contributed by atoms with E-state index in [4.69, 9.17) is 16.3 Å². The second kappa shape index (κ2) is 9.41. The highest BCUT2D eigenvalue weighted by Crippen LogP contribution is 2.21. The van der Waals surface area contributed by atoms with Crippen molar-refractivity contribution in [2.75, 3.05) is 19.5 Å². The van der Waals surface area contributed by atoms with Gasteiger partial charge in [0, 0.05) is 12.1 Å². The fourth-order valence-corrected chi connectivity index (χ4v) is 3.41. The Morgan fingerprint density at radius 2 is 2.21 bits per heavy atom. The number of fused-ring (bicyclic) bond motifs is 1. The number of methoxy groups -OCH3 is 1. The number of rotatable bonds is 8. The van der Waals surface area contributed by atoms with E-state index in [1.54, 1.807) is 32.2 Å². The first-order valence-corrected chi connectivity index (χ1v) is 10.1. The predicted octanol–water partition coefficient (Wildman–Crippen LogP) is 2.84. The molecule has 1 N–H and O–H groups in total. The van der Waals surface area contributed by atoms with Crippen LogP contribution in [0.1, 0.15) is 20.8 Å². The van der Waals surface area contributed by atoms with E-state index in [9.17, 15) is 14.9 Å². The summed E-state index contributed by atoms with van der Waals surface area (Å²) >= 11 is 7.16. The zero-order chi connectivity index (χ0) is 20.9. The maximum atomic E-state index is 12.8. The van der Waals surface area contributed by atoms with Crippen molar-refractivity contribution in [1.29, 1.82) is 5.26 Å². The summed E-state index contributed by atoms with van der Waals surface area (Å²) in [6.07, 6.45) is 0. The second-order valence-corrected chi connectivity index (χ2v) is 8.19.